The second-order valence-electron chi connectivity index (χ2n) is 19.9. The number of carbonyl (C=O) groups is 4. The summed E-state index contributed by atoms with van der Waals surface area (Å²) >= 11 is 0. The van der Waals surface area contributed by atoms with Crippen LogP contribution in [0.25, 0.3) is 0 Å². The molecule has 0 aromatic carbocycles. The van der Waals surface area contributed by atoms with E-state index in [1.54, 1.807) is 0 Å². The molecular formula is C61H104O12. The molecule has 1 heterocycles. The van der Waals surface area contributed by atoms with Crippen molar-refractivity contribution in [1.29, 1.82) is 0 Å². The summed E-state index contributed by atoms with van der Waals surface area (Å²) in [5.41, 5.74) is 0. The summed E-state index contributed by atoms with van der Waals surface area (Å²) in [5, 5.41) is 31.4. The summed E-state index contributed by atoms with van der Waals surface area (Å²) in [5.74, 6) is -3.14. The number of rotatable bonds is 49. The van der Waals surface area contributed by atoms with E-state index in [1.165, 1.54) is 83.5 Å². The molecule has 12 heteroatoms. The molecule has 1 aliphatic rings. The summed E-state index contributed by atoms with van der Waals surface area (Å²) in [7, 11) is 0. The Bertz CT molecular complexity index is 1500. The number of ether oxygens (including phenoxy) is 5. The molecule has 1 rings (SSSR count). The Morgan fingerprint density at radius 3 is 1.34 bits per heavy atom. The second-order valence-corrected chi connectivity index (χ2v) is 19.9. The zero-order valence-corrected chi connectivity index (χ0v) is 46.1. The van der Waals surface area contributed by atoms with Crippen molar-refractivity contribution in [2.75, 3.05) is 13.2 Å². The van der Waals surface area contributed by atoms with Crippen LogP contribution < -0.4 is 0 Å². The van der Waals surface area contributed by atoms with Crippen LogP contribution in [-0.2, 0) is 42.9 Å². The zero-order valence-electron chi connectivity index (χ0n) is 46.1. The molecule has 0 radical (unpaired) electrons. The van der Waals surface area contributed by atoms with Gasteiger partial charge in [0.1, 0.15) is 18.8 Å². The normalized spacial score (nSPS) is 18.7. The molecule has 0 bridgehead atoms. The maximum Gasteiger partial charge on any atom is 0.335 e. The number of carbonyl (C=O) groups excluding carboxylic acids is 3. The van der Waals surface area contributed by atoms with E-state index in [4.69, 9.17) is 23.7 Å². The van der Waals surface area contributed by atoms with Crippen molar-refractivity contribution in [2.24, 2.45) is 0 Å². The molecule has 1 fully saturated rings. The van der Waals surface area contributed by atoms with Gasteiger partial charge in [0.05, 0.1) is 6.61 Å². The fourth-order valence-electron chi connectivity index (χ4n) is 8.59. The standard InChI is InChI=1S/C61H104O12/c1-4-7-10-13-16-19-21-23-25-26-27-28-30-32-34-37-40-43-46-49-55(64)72-59-57(66)56(65)58(60(67)68)73-61(59)70-51-52(71-54(63)48-45-42-39-35-18-15-12-9-6-3)50-69-53(62)47-44-41-38-36-33-31-29-24-22-20-17-14-11-8-5-2/h8,11,16-17,19-20,23-25,29,52,56-59,61,65-66H,4-7,9-10,12-15,18,21-22,26-28,30-51H2,1-3H3,(H,67,68)/b11-8-,19-16-,20-17-,25-23-,29-24-. The molecule has 73 heavy (non-hydrogen) atoms. The number of carboxylic acid groups (broad SMARTS) is 1. The van der Waals surface area contributed by atoms with Crippen LogP contribution in [0.2, 0.25) is 0 Å². The molecule has 3 N–H and O–H groups in total. The van der Waals surface area contributed by atoms with Crippen molar-refractivity contribution in [2.45, 2.75) is 289 Å². The number of aliphatic carboxylic acids is 1. The molecule has 0 aliphatic carbocycles. The second kappa shape index (κ2) is 49.3. The highest BCUT2D eigenvalue weighted by atomic mass is 16.7. The van der Waals surface area contributed by atoms with Crippen LogP contribution in [0.1, 0.15) is 252 Å². The third-order valence-corrected chi connectivity index (χ3v) is 13.1. The number of esters is 3. The lowest BCUT2D eigenvalue weighted by Crippen LogP contribution is -2.61. The van der Waals surface area contributed by atoms with Crippen molar-refractivity contribution in [3.63, 3.8) is 0 Å². The van der Waals surface area contributed by atoms with Gasteiger partial charge in [-0.15, -0.1) is 0 Å². The summed E-state index contributed by atoms with van der Waals surface area (Å²) in [4.78, 5) is 51.0. The van der Waals surface area contributed by atoms with Crippen LogP contribution in [0.4, 0.5) is 0 Å². The molecule has 420 valence electrons. The van der Waals surface area contributed by atoms with Crippen molar-refractivity contribution in [3.8, 4) is 0 Å². The summed E-state index contributed by atoms with van der Waals surface area (Å²) in [6, 6.07) is 0. The van der Waals surface area contributed by atoms with Gasteiger partial charge in [-0.3, -0.25) is 14.4 Å². The molecule has 0 aromatic heterocycles. The van der Waals surface area contributed by atoms with Gasteiger partial charge in [-0.2, -0.15) is 0 Å². The molecule has 12 nitrogen and oxygen atoms in total. The van der Waals surface area contributed by atoms with E-state index in [9.17, 15) is 34.5 Å². The molecule has 1 saturated heterocycles. The van der Waals surface area contributed by atoms with Crippen molar-refractivity contribution >= 4 is 23.9 Å². The fraction of sp³-hybridized carbons (Fsp3) is 0.770. The average Bonchev–Trinajstić information content (AvgIpc) is 3.37. The SMILES string of the molecule is CC/C=C\C/C=C\C/C=C\CCCCCCCC(=O)OCC(COC1OC(C(=O)O)C(O)C(O)C1OC(=O)CCCCCCCCCCC/C=C\C/C=C\CCCCC)OC(=O)CCCCCCCCCCC. The van der Waals surface area contributed by atoms with Gasteiger partial charge < -0.3 is 39.0 Å². The van der Waals surface area contributed by atoms with Crippen LogP contribution in [0.3, 0.4) is 0 Å². The van der Waals surface area contributed by atoms with Crippen LogP contribution in [-0.4, -0.2) is 89.2 Å². The van der Waals surface area contributed by atoms with Gasteiger partial charge in [0.25, 0.3) is 0 Å². The average molecular weight is 1030 g/mol. The van der Waals surface area contributed by atoms with Crippen molar-refractivity contribution < 1.29 is 58.2 Å². The summed E-state index contributed by atoms with van der Waals surface area (Å²) in [6.07, 6.45) is 47.7. The number of carboxylic acids is 1. The van der Waals surface area contributed by atoms with Crippen LogP contribution in [0, 0.1) is 0 Å². The topological polar surface area (TPSA) is 175 Å². The van der Waals surface area contributed by atoms with E-state index >= 15 is 0 Å². The van der Waals surface area contributed by atoms with Gasteiger partial charge in [-0.25, -0.2) is 4.79 Å². The van der Waals surface area contributed by atoms with Gasteiger partial charge in [0.2, 0.25) is 0 Å². The van der Waals surface area contributed by atoms with Crippen LogP contribution in [0.5, 0.6) is 0 Å². The lowest BCUT2D eigenvalue weighted by Gasteiger charge is -2.40. The highest BCUT2D eigenvalue weighted by Crippen LogP contribution is 2.26. The Morgan fingerprint density at radius 1 is 0.466 bits per heavy atom. The first-order valence-electron chi connectivity index (χ1n) is 29.3. The number of aliphatic hydroxyl groups is 2. The zero-order chi connectivity index (χ0) is 53.3. The van der Waals surface area contributed by atoms with Crippen LogP contribution >= 0.6 is 0 Å². The maximum absolute atomic E-state index is 13.1. The number of hydrogen-bond acceptors (Lipinski definition) is 11. The molecular weight excluding hydrogens is 925 g/mol. The minimum atomic E-state index is -1.91. The summed E-state index contributed by atoms with van der Waals surface area (Å²) < 4.78 is 28.4. The van der Waals surface area contributed by atoms with Gasteiger partial charge >= 0.3 is 23.9 Å². The van der Waals surface area contributed by atoms with E-state index in [2.05, 4.69) is 81.5 Å². The minimum absolute atomic E-state index is 0.0543. The quantitative estimate of drug-likeness (QED) is 0.0228. The Kier molecular flexibility index (Phi) is 45.5. The molecule has 0 saturated carbocycles. The number of hydrogen-bond donors (Lipinski definition) is 3. The van der Waals surface area contributed by atoms with Gasteiger partial charge in [-0.05, 0) is 83.5 Å². The van der Waals surface area contributed by atoms with Gasteiger partial charge in [0.15, 0.2) is 24.6 Å². The predicted octanol–water partition coefficient (Wildman–Crippen LogP) is 14.8. The molecule has 0 aromatic rings. The monoisotopic (exact) mass is 1030 g/mol. The van der Waals surface area contributed by atoms with E-state index in [1.807, 2.05) is 0 Å². The van der Waals surface area contributed by atoms with E-state index in [0.29, 0.717) is 19.3 Å². The molecule has 0 amide bonds. The van der Waals surface area contributed by atoms with Crippen molar-refractivity contribution in [3.05, 3.63) is 60.8 Å². The highest BCUT2D eigenvalue weighted by Gasteiger charge is 2.50. The lowest BCUT2D eigenvalue weighted by molar-refractivity contribution is -0.301. The molecule has 6 unspecified atom stereocenters. The fourth-order valence-corrected chi connectivity index (χ4v) is 8.59. The third-order valence-electron chi connectivity index (χ3n) is 13.1. The Labute approximate surface area is 443 Å². The first kappa shape index (κ1) is 67.4. The smallest absolute Gasteiger partial charge is 0.335 e. The number of unbranched alkanes of at least 4 members (excludes halogenated alkanes) is 25. The van der Waals surface area contributed by atoms with Gasteiger partial charge in [-0.1, -0.05) is 210 Å². The van der Waals surface area contributed by atoms with E-state index < -0.39 is 67.3 Å². The molecule has 6 atom stereocenters. The van der Waals surface area contributed by atoms with E-state index in [0.717, 1.165) is 109 Å². The first-order chi connectivity index (χ1) is 35.6. The molecule has 0 spiro atoms. The lowest BCUT2D eigenvalue weighted by atomic mass is 9.98. The first-order valence-corrected chi connectivity index (χ1v) is 29.3. The summed E-state index contributed by atoms with van der Waals surface area (Å²) in [6.45, 7) is 5.82. The Hall–Kier alpha value is -3.58. The van der Waals surface area contributed by atoms with E-state index in [-0.39, 0.29) is 25.9 Å². The number of allylic oxidation sites excluding steroid dienone is 10. The highest BCUT2D eigenvalue weighted by molar-refractivity contribution is 5.74. The van der Waals surface area contributed by atoms with Crippen molar-refractivity contribution in [1.82, 2.24) is 0 Å². The molecule has 1 aliphatic heterocycles. The van der Waals surface area contributed by atoms with Gasteiger partial charge in [0, 0.05) is 19.3 Å². The maximum atomic E-state index is 13.1. The number of aliphatic hydroxyl groups excluding tert-OH is 2. The van der Waals surface area contributed by atoms with Crippen LogP contribution in [0.15, 0.2) is 60.8 Å². The third kappa shape index (κ3) is 39.5. The largest absolute Gasteiger partial charge is 0.479 e. The minimum Gasteiger partial charge on any atom is -0.479 e. The predicted molar refractivity (Wildman–Crippen MR) is 294 cm³/mol. The Morgan fingerprint density at radius 2 is 0.863 bits per heavy atom. The Balaban J connectivity index is 2.64.